The Hall–Kier alpha value is -1.65. The Kier molecular flexibility index (Phi) is 5.92. The Balaban J connectivity index is 2.65. The fourth-order valence-corrected chi connectivity index (χ4v) is 3.37. The molecule has 7 heteroatoms. The van der Waals surface area contributed by atoms with E-state index >= 15 is 0 Å². The first-order chi connectivity index (χ1) is 9.33. The minimum absolute atomic E-state index is 0.0225. The maximum atomic E-state index is 12.1. The van der Waals surface area contributed by atoms with E-state index < -0.39 is 25.2 Å². The summed E-state index contributed by atoms with van der Waals surface area (Å²) in [6.45, 7) is 0. The van der Waals surface area contributed by atoms with Crippen LogP contribution in [0.1, 0.15) is 19.3 Å². The van der Waals surface area contributed by atoms with Crippen molar-refractivity contribution in [2.75, 3.05) is 6.16 Å². The van der Waals surface area contributed by atoms with Crippen molar-refractivity contribution in [2.45, 2.75) is 19.3 Å². The first-order valence-electron chi connectivity index (χ1n) is 6.15. The van der Waals surface area contributed by atoms with Gasteiger partial charge in [-0.05, 0) is 25.0 Å². The number of carboxylic acid groups (broad SMARTS) is 2. The highest BCUT2D eigenvalue weighted by atomic mass is 31.2. The second-order valence-electron chi connectivity index (χ2n) is 4.52. The van der Waals surface area contributed by atoms with Gasteiger partial charge in [0.05, 0.1) is 5.92 Å². The van der Waals surface area contributed by atoms with E-state index in [9.17, 15) is 19.0 Å². The minimum Gasteiger partial charge on any atom is -0.481 e. The third kappa shape index (κ3) is 5.15. The third-order valence-corrected chi connectivity index (χ3v) is 4.97. The van der Waals surface area contributed by atoms with Crippen molar-refractivity contribution >= 4 is 24.6 Å². The highest BCUT2D eigenvalue weighted by Gasteiger charge is 2.26. The van der Waals surface area contributed by atoms with E-state index in [1.165, 1.54) is 12.1 Å². The van der Waals surface area contributed by atoms with Crippen LogP contribution in [0.4, 0.5) is 0 Å². The van der Waals surface area contributed by atoms with E-state index in [4.69, 9.17) is 10.2 Å². The normalized spacial score (nSPS) is 15.2. The summed E-state index contributed by atoms with van der Waals surface area (Å²) >= 11 is 0. The van der Waals surface area contributed by atoms with Gasteiger partial charge in [0.2, 0.25) is 7.37 Å². The second kappa shape index (κ2) is 7.22. The zero-order valence-electron chi connectivity index (χ0n) is 10.8. The molecule has 0 radical (unpaired) electrons. The topological polar surface area (TPSA) is 112 Å². The van der Waals surface area contributed by atoms with Gasteiger partial charge in [-0.25, -0.2) is 0 Å². The number of hydrogen-bond acceptors (Lipinski definition) is 3. The van der Waals surface area contributed by atoms with Gasteiger partial charge in [0.15, 0.2) is 0 Å². The van der Waals surface area contributed by atoms with Crippen LogP contribution in [-0.2, 0) is 14.2 Å². The third-order valence-electron chi connectivity index (χ3n) is 3.00. The molecule has 0 bridgehead atoms. The molecule has 110 valence electrons. The number of hydrogen-bond donors (Lipinski definition) is 3. The summed E-state index contributed by atoms with van der Waals surface area (Å²) in [5.41, 5.74) is 0. The molecule has 1 rings (SSSR count). The molecular formula is C13H17O6P. The van der Waals surface area contributed by atoms with Crippen molar-refractivity contribution in [2.24, 2.45) is 5.92 Å². The standard InChI is InChI=1S/C13H17O6P/c14-12(15)7-6-10(13(16)17)8-9-20(18,19)11-4-2-1-3-5-11/h1-5,10H,6-9H2,(H,14,15)(H,16,17)(H,18,19). The summed E-state index contributed by atoms with van der Waals surface area (Å²) in [7, 11) is -3.60. The van der Waals surface area contributed by atoms with Crippen LogP contribution in [0.25, 0.3) is 0 Å². The smallest absolute Gasteiger partial charge is 0.306 e. The fourth-order valence-electron chi connectivity index (χ4n) is 1.81. The van der Waals surface area contributed by atoms with Crippen LogP contribution >= 0.6 is 7.37 Å². The Labute approximate surface area is 116 Å². The van der Waals surface area contributed by atoms with Crippen molar-refractivity contribution < 1.29 is 29.3 Å². The quantitative estimate of drug-likeness (QED) is 0.628. The van der Waals surface area contributed by atoms with Crippen LogP contribution in [-0.4, -0.2) is 33.2 Å². The molecule has 3 N–H and O–H groups in total. The molecule has 20 heavy (non-hydrogen) atoms. The molecule has 2 unspecified atom stereocenters. The number of rotatable bonds is 8. The van der Waals surface area contributed by atoms with Crippen molar-refractivity contribution in [3.63, 3.8) is 0 Å². The molecule has 0 aliphatic carbocycles. The van der Waals surface area contributed by atoms with Crippen molar-refractivity contribution in [3.8, 4) is 0 Å². The van der Waals surface area contributed by atoms with Gasteiger partial charge in [-0.1, -0.05) is 18.2 Å². The van der Waals surface area contributed by atoms with Crippen LogP contribution in [0, 0.1) is 5.92 Å². The molecule has 2 atom stereocenters. The molecule has 0 fully saturated rings. The highest BCUT2D eigenvalue weighted by Crippen LogP contribution is 2.41. The zero-order chi connectivity index (χ0) is 15.2. The zero-order valence-corrected chi connectivity index (χ0v) is 11.7. The van der Waals surface area contributed by atoms with E-state index in [1.54, 1.807) is 18.2 Å². The lowest BCUT2D eigenvalue weighted by Gasteiger charge is -2.15. The SMILES string of the molecule is O=C(O)CCC(CCP(=O)(O)c1ccccc1)C(=O)O. The summed E-state index contributed by atoms with van der Waals surface area (Å²) in [5.74, 6) is -3.14. The lowest BCUT2D eigenvalue weighted by atomic mass is 10.0. The van der Waals surface area contributed by atoms with Gasteiger partial charge in [-0.15, -0.1) is 0 Å². The van der Waals surface area contributed by atoms with Crippen LogP contribution in [0.3, 0.4) is 0 Å². The Morgan fingerprint density at radius 1 is 1.10 bits per heavy atom. The molecule has 6 nitrogen and oxygen atoms in total. The van der Waals surface area contributed by atoms with Crippen LogP contribution < -0.4 is 5.30 Å². The van der Waals surface area contributed by atoms with Gasteiger partial charge in [0, 0.05) is 17.9 Å². The highest BCUT2D eigenvalue weighted by molar-refractivity contribution is 7.66. The van der Waals surface area contributed by atoms with Crippen molar-refractivity contribution in [3.05, 3.63) is 30.3 Å². The molecule has 0 aromatic heterocycles. The van der Waals surface area contributed by atoms with Crippen molar-refractivity contribution in [1.29, 1.82) is 0 Å². The summed E-state index contributed by atoms with van der Waals surface area (Å²) in [4.78, 5) is 31.4. The minimum atomic E-state index is -3.60. The van der Waals surface area contributed by atoms with Gasteiger partial charge in [-0.3, -0.25) is 14.2 Å². The van der Waals surface area contributed by atoms with Gasteiger partial charge >= 0.3 is 11.9 Å². The molecule has 0 aliphatic heterocycles. The predicted molar refractivity (Wildman–Crippen MR) is 73.4 cm³/mol. The number of aliphatic carboxylic acids is 2. The monoisotopic (exact) mass is 300 g/mol. The van der Waals surface area contributed by atoms with E-state index in [2.05, 4.69) is 0 Å². The van der Waals surface area contributed by atoms with Crippen LogP contribution in [0.5, 0.6) is 0 Å². The number of benzene rings is 1. The molecule has 0 saturated carbocycles. The maximum Gasteiger partial charge on any atom is 0.306 e. The van der Waals surface area contributed by atoms with E-state index in [-0.39, 0.29) is 30.7 Å². The van der Waals surface area contributed by atoms with Crippen LogP contribution in [0.2, 0.25) is 0 Å². The molecule has 0 aliphatic rings. The lowest BCUT2D eigenvalue weighted by molar-refractivity contribution is -0.143. The second-order valence-corrected chi connectivity index (χ2v) is 6.88. The Morgan fingerprint density at radius 2 is 1.70 bits per heavy atom. The van der Waals surface area contributed by atoms with Crippen molar-refractivity contribution in [1.82, 2.24) is 0 Å². The summed E-state index contributed by atoms with van der Waals surface area (Å²) in [6, 6.07) is 8.03. The summed E-state index contributed by atoms with van der Waals surface area (Å²) in [6.07, 6.45) is -0.504. The molecule has 0 heterocycles. The van der Waals surface area contributed by atoms with E-state index in [1.807, 2.05) is 0 Å². The maximum absolute atomic E-state index is 12.1. The first-order valence-corrected chi connectivity index (χ1v) is 7.99. The fraction of sp³-hybridized carbons (Fsp3) is 0.385. The van der Waals surface area contributed by atoms with Gasteiger partial charge in [-0.2, -0.15) is 0 Å². The average molecular weight is 300 g/mol. The van der Waals surface area contributed by atoms with Gasteiger partial charge in [0.25, 0.3) is 0 Å². The predicted octanol–water partition coefficient (Wildman–Crippen LogP) is 1.54. The van der Waals surface area contributed by atoms with E-state index in [0.717, 1.165) is 0 Å². The molecule has 0 amide bonds. The Bertz CT molecular complexity index is 513. The van der Waals surface area contributed by atoms with Gasteiger partial charge in [0.1, 0.15) is 0 Å². The number of carbonyl (C=O) groups is 2. The molecular weight excluding hydrogens is 283 g/mol. The Morgan fingerprint density at radius 3 is 2.20 bits per heavy atom. The van der Waals surface area contributed by atoms with Crippen LogP contribution in [0.15, 0.2) is 30.3 Å². The molecule has 0 saturated heterocycles. The molecule has 1 aromatic carbocycles. The number of carboxylic acids is 2. The summed E-state index contributed by atoms with van der Waals surface area (Å²) in [5, 5.41) is 17.8. The largest absolute Gasteiger partial charge is 0.481 e. The molecule has 1 aromatic rings. The van der Waals surface area contributed by atoms with Gasteiger partial charge < -0.3 is 15.1 Å². The van der Waals surface area contributed by atoms with E-state index in [0.29, 0.717) is 0 Å². The molecule has 0 spiro atoms. The lowest BCUT2D eigenvalue weighted by Crippen LogP contribution is -2.18. The average Bonchev–Trinajstić information content (AvgIpc) is 2.39. The first kappa shape index (κ1) is 16.4. The summed E-state index contributed by atoms with van der Waals surface area (Å²) < 4.78 is 12.1.